The van der Waals surface area contributed by atoms with Crippen LogP contribution < -0.4 is 4.74 Å². The number of halogens is 1. The molecule has 0 radical (unpaired) electrons. The van der Waals surface area contributed by atoms with Crippen LogP contribution in [-0.4, -0.2) is 6.61 Å². The van der Waals surface area contributed by atoms with Gasteiger partial charge in [0, 0.05) is 26.7 Å². The molecule has 0 aliphatic rings. The van der Waals surface area contributed by atoms with Gasteiger partial charge >= 0.3 is 0 Å². The lowest BCUT2D eigenvalue weighted by atomic mass is 10.1. The number of benzene rings is 3. The van der Waals surface area contributed by atoms with E-state index >= 15 is 0 Å². The maximum atomic E-state index is 5.78. The second-order valence-electron chi connectivity index (χ2n) is 7.02. The van der Waals surface area contributed by atoms with Gasteiger partial charge < -0.3 is 4.74 Å². The fourth-order valence-corrected chi connectivity index (χ4v) is 3.08. The molecular formula is C28H25BrO. The second-order valence-corrected chi connectivity index (χ2v) is 7.93. The highest BCUT2D eigenvalue weighted by atomic mass is 79.9. The standard InChI is InChI=1S/C28H25BrO/c1-2-3-4-5-22-30-28-20-16-26(17-21-28)13-11-24-8-6-23(7-9-24)10-12-25-14-18-27(29)19-15-25/h6-9,14-21H,2-5,22H2,1H3. The summed E-state index contributed by atoms with van der Waals surface area (Å²) in [5.74, 6) is 13.7. The van der Waals surface area contributed by atoms with Gasteiger partial charge in [-0.1, -0.05) is 65.8 Å². The summed E-state index contributed by atoms with van der Waals surface area (Å²) in [5, 5.41) is 0. The van der Waals surface area contributed by atoms with Crippen molar-refractivity contribution >= 4 is 15.9 Å². The van der Waals surface area contributed by atoms with E-state index in [0.717, 1.165) is 45.5 Å². The lowest BCUT2D eigenvalue weighted by Crippen LogP contribution is -1.96. The molecule has 0 aromatic heterocycles. The summed E-state index contributed by atoms with van der Waals surface area (Å²) in [7, 11) is 0. The Labute approximate surface area is 188 Å². The van der Waals surface area contributed by atoms with Gasteiger partial charge in [0.05, 0.1) is 6.61 Å². The van der Waals surface area contributed by atoms with Crippen LogP contribution in [0.15, 0.2) is 77.3 Å². The Morgan fingerprint density at radius 3 is 1.50 bits per heavy atom. The molecule has 0 N–H and O–H groups in total. The maximum Gasteiger partial charge on any atom is 0.119 e. The molecule has 3 rings (SSSR count). The molecule has 2 heteroatoms. The fraction of sp³-hybridized carbons (Fsp3) is 0.214. The van der Waals surface area contributed by atoms with E-state index in [9.17, 15) is 0 Å². The zero-order valence-corrected chi connectivity index (χ0v) is 18.8. The van der Waals surface area contributed by atoms with Gasteiger partial charge in [-0.3, -0.25) is 0 Å². The Balaban J connectivity index is 1.54. The normalized spacial score (nSPS) is 9.80. The minimum atomic E-state index is 0.780. The molecule has 0 aliphatic carbocycles. The molecule has 0 heterocycles. The third-order valence-corrected chi connectivity index (χ3v) is 5.08. The predicted molar refractivity (Wildman–Crippen MR) is 129 cm³/mol. The Kier molecular flexibility index (Phi) is 8.64. The van der Waals surface area contributed by atoms with Gasteiger partial charge in [-0.2, -0.15) is 0 Å². The van der Waals surface area contributed by atoms with Crippen LogP contribution in [0.2, 0.25) is 0 Å². The first-order chi connectivity index (χ1) is 14.7. The summed E-state index contributed by atoms with van der Waals surface area (Å²) < 4.78 is 6.84. The number of unbranched alkanes of at least 4 members (excludes halogenated alkanes) is 3. The first-order valence-corrected chi connectivity index (χ1v) is 11.1. The van der Waals surface area contributed by atoms with E-state index in [1.807, 2.05) is 72.8 Å². The summed E-state index contributed by atoms with van der Waals surface area (Å²) in [6.07, 6.45) is 4.86. The van der Waals surface area contributed by atoms with Crippen LogP contribution in [0.3, 0.4) is 0 Å². The monoisotopic (exact) mass is 456 g/mol. The van der Waals surface area contributed by atoms with E-state index < -0.39 is 0 Å². The number of hydrogen-bond donors (Lipinski definition) is 0. The van der Waals surface area contributed by atoms with E-state index in [4.69, 9.17) is 4.74 Å². The highest BCUT2D eigenvalue weighted by molar-refractivity contribution is 9.10. The minimum Gasteiger partial charge on any atom is -0.494 e. The van der Waals surface area contributed by atoms with Gasteiger partial charge in [-0.25, -0.2) is 0 Å². The Hall–Kier alpha value is -2.94. The highest BCUT2D eigenvalue weighted by Crippen LogP contribution is 2.13. The van der Waals surface area contributed by atoms with Crippen molar-refractivity contribution in [3.8, 4) is 29.4 Å². The van der Waals surface area contributed by atoms with Gasteiger partial charge in [0.1, 0.15) is 5.75 Å². The van der Waals surface area contributed by atoms with Crippen molar-refractivity contribution < 1.29 is 4.74 Å². The molecule has 0 aliphatic heterocycles. The summed E-state index contributed by atoms with van der Waals surface area (Å²) in [6, 6.07) is 24.0. The van der Waals surface area contributed by atoms with Crippen LogP contribution >= 0.6 is 15.9 Å². The van der Waals surface area contributed by atoms with Crippen LogP contribution in [-0.2, 0) is 0 Å². The summed E-state index contributed by atoms with van der Waals surface area (Å²) >= 11 is 3.43. The molecule has 0 amide bonds. The van der Waals surface area contributed by atoms with E-state index in [2.05, 4.69) is 46.5 Å². The third-order valence-electron chi connectivity index (χ3n) is 4.55. The first-order valence-electron chi connectivity index (χ1n) is 10.4. The van der Waals surface area contributed by atoms with Crippen molar-refractivity contribution in [3.63, 3.8) is 0 Å². The highest BCUT2D eigenvalue weighted by Gasteiger charge is 1.95. The van der Waals surface area contributed by atoms with Crippen molar-refractivity contribution in [2.75, 3.05) is 6.61 Å². The van der Waals surface area contributed by atoms with E-state index in [1.165, 1.54) is 19.3 Å². The molecule has 0 bridgehead atoms. The van der Waals surface area contributed by atoms with Crippen LogP contribution in [0, 0.1) is 23.7 Å². The SMILES string of the molecule is CCCCCCOc1ccc(C#Cc2ccc(C#Cc3ccc(Br)cc3)cc2)cc1. The third kappa shape index (κ3) is 7.47. The van der Waals surface area contributed by atoms with Gasteiger partial charge in [0.25, 0.3) is 0 Å². The van der Waals surface area contributed by atoms with Crippen molar-refractivity contribution in [2.24, 2.45) is 0 Å². The molecule has 0 fully saturated rings. The number of rotatable bonds is 6. The average Bonchev–Trinajstić information content (AvgIpc) is 2.79. The molecule has 30 heavy (non-hydrogen) atoms. The molecule has 0 saturated carbocycles. The quantitative estimate of drug-likeness (QED) is 0.281. The zero-order chi connectivity index (χ0) is 21.0. The lowest BCUT2D eigenvalue weighted by molar-refractivity contribution is 0.305. The van der Waals surface area contributed by atoms with E-state index in [1.54, 1.807) is 0 Å². The molecule has 1 nitrogen and oxygen atoms in total. The summed E-state index contributed by atoms with van der Waals surface area (Å²) in [6.45, 7) is 3.00. The lowest BCUT2D eigenvalue weighted by Gasteiger charge is -2.05. The topological polar surface area (TPSA) is 9.23 Å². The van der Waals surface area contributed by atoms with Crippen LogP contribution in [0.5, 0.6) is 5.75 Å². The summed E-state index contributed by atoms with van der Waals surface area (Å²) in [4.78, 5) is 0. The van der Waals surface area contributed by atoms with Crippen molar-refractivity contribution in [3.05, 3.63) is 99.5 Å². The fourth-order valence-electron chi connectivity index (χ4n) is 2.81. The maximum absolute atomic E-state index is 5.78. The van der Waals surface area contributed by atoms with Gasteiger partial charge in [0.2, 0.25) is 0 Å². The zero-order valence-electron chi connectivity index (χ0n) is 17.2. The first kappa shape index (κ1) is 21.8. The van der Waals surface area contributed by atoms with E-state index in [0.29, 0.717) is 0 Å². The Morgan fingerprint density at radius 1 is 0.600 bits per heavy atom. The predicted octanol–water partition coefficient (Wildman–Crippen LogP) is 7.21. The van der Waals surface area contributed by atoms with Crippen LogP contribution in [0.4, 0.5) is 0 Å². The average molecular weight is 457 g/mol. The Morgan fingerprint density at radius 2 is 1.03 bits per heavy atom. The van der Waals surface area contributed by atoms with Crippen molar-refractivity contribution in [1.29, 1.82) is 0 Å². The smallest absolute Gasteiger partial charge is 0.119 e. The van der Waals surface area contributed by atoms with Crippen molar-refractivity contribution in [1.82, 2.24) is 0 Å². The van der Waals surface area contributed by atoms with Crippen LogP contribution in [0.1, 0.15) is 54.9 Å². The molecule has 150 valence electrons. The largest absolute Gasteiger partial charge is 0.494 e. The Bertz CT molecular complexity index is 1040. The molecule has 3 aromatic rings. The molecule has 0 unspecified atom stereocenters. The van der Waals surface area contributed by atoms with Gasteiger partial charge in [-0.15, -0.1) is 0 Å². The van der Waals surface area contributed by atoms with Crippen LogP contribution in [0.25, 0.3) is 0 Å². The molecule has 0 atom stereocenters. The number of ether oxygens (including phenoxy) is 1. The van der Waals surface area contributed by atoms with Crippen molar-refractivity contribution in [2.45, 2.75) is 32.6 Å². The molecule has 3 aromatic carbocycles. The van der Waals surface area contributed by atoms with Gasteiger partial charge in [-0.05, 0) is 79.2 Å². The molecule has 0 saturated heterocycles. The van der Waals surface area contributed by atoms with Gasteiger partial charge in [0.15, 0.2) is 0 Å². The minimum absolute atomic E-state index is 0.780. The molecule has 0 spiro atoms. The molecular weight excluding hydrogens is 432 g/mol. The van der Waals surface area contributed by atoms with E-state index in [-0.39, 0.29) is 0 Å². The number of hydrogen-bond acceptors (Lipinski definition) is 1. The summed E-state index contributed by atoms with van der Waals surface area (Å²) in [5.41, 5.74) is 3.92. The second kappa shape index (κ2) is 11.9.